The molecule has 1 nitrogen and oxygen atoms in total. The molecule has 0 spiro atoms. The van der Waals surface area contributed by atoms with Crippen LogP contribution in [0.3, 0.4) is 0 Å². The van der Waals surface area contributed by atoms with Crippen LogP contribution in [0.5, 0.6) is 0 Å². The summed E-state index contributed by atoms with van der Waals surface area (Å²) in [6.07, 6.45) is 11.7. The minimum Gasteiger partial charge on any atom is -0.297 e. The lowest BCUT2D eigenvalue weighted by Gasteiger charge is -2.32. The van der Waals surface area contributed by atoms with Crippen molar-refractivity contribution in [2.24, 2.45) is 5.92 Å². The first-order chi connectivity index (χ1) is 8.24. The van der Waals surface area contributed by atoms with Crippen molar-refractivity contribution in [1.82, 2.24) is 4.90 Å². The van der Waals surface area contributed by atoms with Crippen LogP contribution >= 0.6 is 0 Å². The van der Waals surface area contributed by atoms with E-state index in [1.807, 2.05) is 0 Å². The summed E-state index contributed by atoms with van der Waals surface area (Å²) in [4.78, 5) is 2.78. The van der Waals surface area contributed by atoms with Crippen molar-refractivity contribution in [2.75, 3.05) is 6.54 Å². The van der Waals surface area contributed by atoms with E-state index in [4.69, 9.17) is 0 Å². The van der Waals surface area contributed by atoms with E-state index in [1.54, 1.807) is 0 Å². The first-order valence-corrected chi connectivity index (χ1v) is 7.62. The fourth-order valence-electron chi connectivity index (χ4n) is 3.20. The molecule has 1 heteroatoms. The molecule has 1 aliphatic heterocycles. The van der Waals surface area contributed by atoms with E-state index in [-0.39, 0.29) is 0 Å². The van der Waals surface area contributed by atoms with Crippen LogP contribution in [0, 0.1) is 5.92 Å². The summed E-state index contributed by atoms with van der Waals surface area (Å²) >= 11 is 0. The maximum Gasteiger partial charge on any atom is 0.0159 e. The summed E-state index contributed by atoms with van der Waals surface area (Å²) in [5.41, 5.74) is 0. The summed E-state index contributed by atoms with van der Waals surface area (Å²) in [7, 11) is 0. The molecule has 0 aromatic rings. The summed E-state index contributed by atoms with van der Waals surface area (Å²) in [6, 6.07) is 1.60. The van der Waals surface area contributed by atoms with Gasteiger partial charge in [-0.25, -0.2) is 0 Å². The molecule has 0 bridgehead atoms. The standard InChI is InChI=1S/C16H31N/c1-5-8-9-10-13-17-15(7-3)11-12-16(17)14(4)6-2/h6,14-16H,2,5,7-13H2,1,3-4H3. The van der Waals surface area contributed by atoms with Crippen LogP contribution in [0.2, 0.25) is 0 Å². The largest absolute Gasteiger partial charge is 0.297 e. The van der Waals surface area contributed by atoms with Gasteiger partial charge in [-0.2, -0.15) is 0 Å². The molecule has 1 fully saturated rings. The van der Waals surface area contributed by atoms with E-state index in [0.717, 1.165) is 12.1 Å². The van der Waals surface area contributed by atoms with E-state index in [1.165, 1.54) is 51.5 Å². The van der Waals surface area contributed by atoms with Crippen molar-refractivity contribution >= 4 is 0 Å². The van der Waals surface area contributed by atoms with Crippen LogP contribution in [0.4, 0.5) is 0 Å². The third kappa shape index (κ3) is 4.13. The maximum atomic E-state index is 3.97. The molecule has 1 rings (SSSR count). The van der Waals surface area contributed by atoms with Crippen LogP contribution in [-0.4, -0.2) is 23.5 Å². The number of hydrogen-bond acceptors (Lipinski definition) is 1. The quantitative estimate of drug-likeness (QED) is 0.439. The van der Waals surface area contributed by atoms with Crippen LogP contribution in [0.25, 0.3) is 0 Å². The molecule has 0 aliphatic carbocycles. The first kappa shape index (κ1) is 14.8. The highest BCUT2D eigenvalue weighted by Gasteiger charge is 2.33. The van der Waals surface area contributed by atoms with Gasteiger partial charge in [0.25, 0.3) is 0 Å². The van der Waals surface area contributed by atoms with Crippen molar-refractivity contribution in [2.45, 2.75) is 77.8 Å². The third-order valence-electron chi connectivity index (χ3n) is 4.41. The minimum absolute atomic E-state index is 0.651. The van der Waals surface area contributed by atoms with Crippen LogP contribution in [-0.2, 0) is 0 Å². The predicted octanol–water partition coefficient (Wildman–Crippen LogP) is 4.63. The Morgan fingerprint density at radius 2 is 2.00 bits per heavy atom. The Morgan fingerprint density at radius 1 is 1.24 bits per heavy atom. The highest BCUT2D eigenvalue weighted by molar-refractivity contribution is 4.94. The van der Waals surface area contributed by atoms with Gasteiger partial charge in [0.1, 0.15) is 0 Å². The Balaban J connectivity index is 2.45. The zero-order chi connectivity index (χ0) is 12.7. The fourth-order valence-corrected chi connectivity index (χ4v) is 3.20. The van der Waals surface area contributed by atoms with Crippen molar-refractivity contribution in [1.29, 1.82) is 0 Å². The number of hydrogen-bond donors (Lipinski definition) is 0. The van der Waals surface area contributed by atoms with Gasteiger partial charge in [0.2, 0.25) is 0 Å². The van der Waals surface area contributed by atoms with E-state index in [2.05, 4.69) is 38.3 Å². The Hall–Kier alpha value is -0.300. The molecule has 1 heterocycles. The van der Waals surface area contributed by atoms with Crippen molar-refractivity contribution < 1.29 is 0 Å². The van der Waals surface area contributed by atoms with Crippen LogP contribution in [0.15, 0.2) is 12.7 Å². The van der Waals surface area contributed by atoms with E-state index in [0.29, 0.717) is 5.92 Å². The Kier molecular flexibility index (Phi) is 6.87. The van der Waals surface area contributed by atoms with Crippen molar-refractivity contribution in [3.05, 3.63) is 12.7 Å². The molecule has 0 aromatic heterocycles. The molecule has 100 valence electrons. The van der Waals surface area contributed by atoms with Gasteiger partial charge < -0.3 is 0 Å². The van der Waals surface area contributed by atoms with Gasteiger partial charge in [0.05, 0.1) is 0 Å². The molecule has 0 radical (unpaired) electrons. The van der Waals surface area contributed by atoms with Gasteiger partial charge in [0.15, 0.2) is 0 Å². The minimum atomic E-state index is 0.651. The third-order valence-corrected chi connectivity index (χ3v) is 4.41. The molecule has 1 saturated heterocycles. The Morgan fingerprint density at radius 3 is 2.59 bits per heavy atom. The van der Waals surface area contributed by atoms with E-state index in [9.17, 15) is 0 Å². The van der Waals surface area contributed by atoms with Gasteiger partial charge in [-0.15, -0.1) is 6.58 Å². The summed E-state index contributed by atoms with van der Waals surface area (Å²) < 4.78 is 0. The normalized spacial score (nSPS) is 27.2. The monoisotopic (exact) mass is 237 g/mol. The second kappa shape index (κ2) is 7.92. The molecule has 3 unspecified atom stereocenters. The number of rotatable bonds is 8. The Labute approximate surface area is 108 Å². The van der Waals surface area contributed by atoms with Gasteiger partial charge in [-0.1, -0.05) is 46.1 Å². The van der Waals surface area contributed by atoms with Crippen LogP contribution < -0.4 is 0 Å². The smallest absolute Gasteiger partial charge is 0.0159 e. The van der Waals surface area contributed by atoms with Crippen molar-refractivity contribution in [3.63, 3.8) is 0 Å². The lowest BCUT2D eigenvalue weighted by molar-refractivity contribution is 0.160. The average Bonchev–Trinajstić information content (AvgIpc) is 2.76. The number of likely N-dealkylation sites (tertiary alicyclic amines) is 1. The second-order valence-corrected chi connectivity index (χ2v) is 5.60. The summed E-state index contributed by atoms with van der Waals surface area (Å²) in [6.45, 7) is 12.2. The molecule has 17 heavy (non-hydrogen) atoms. The average molecular weight is 237 g/mol. The van der Waals surface area contributed by atoms with Gasteiger partial charge in [-0.3, -0.25) is 4.90 Å². The number of unbranched alkanes of at least 4 members (excludes halogenated alkanes) is 3. The molecule has 0 amide bonds. The van der Waals surface area contributed by atoms with E-state index < -0.39 is 0 Å². The SMILES string of the molecule is C=CC(C)C1CCC(CC)N1CCCCCC. The van der Waals surface area contributed by atoms with Gasteiger partial charge in [-0.05, 0) is 38.1 Å². The molecule has 0 N–H and O–H groups in total. The summed E-state index contributed by atoms with van der Waals surface area (Å²) in [5.74, 6) is 0.651. The molecule has 1 aliphatic rings. The van der Waals surface area contributed by atoms with Gasteiger partial charge in [0, 0.05) is 12.1 Å². The maximum absolute atomic E-state index is 3.97. The lowest BCUT2D eigenvalue weighted by Crippen LogP contribution is -2.39. The first-order valence-electron chi connectivity index (χ1n) is 7.62. The zero-order valence-corrected chi connectivity index (χ0v) is 12.1. The highest BCUT2D eigenvalue weighted by atomic mass is 15.2. The molecular formula is C16H31N. The lowest BCUT2D eigenvalue weighted by atomic mass is 9.99. The predicted molar refractivity (Wildman–Crippen MR) is 77.3 cm³/mol. The van der Waals surface area contributed by atoms with E-state index >= 15 is 0 Å². The number of nitrogens with zero attached hydrogens (tertiary/aromatic N) is 1. The fraction of sp³-hybridized carbons (Fsp3) is 0.875. The molecule has 0 aromatic carbocycles. The topological polar surface area (TPSA) is 3.24 Å². The molecule has 0 saturated carbocycles. The second-order valence-electron chi connectivity index (χ2n) is 5.60. The Bertz CT molecular complexity index is 212. The molecule has 3 atom stereocenters. The summed E-state index contributed by atoms with van der Waals surface area (Å²) in [5, 5.41) is 0. The zero-order valence-electron chi connectivity index (χ0n) is 12.1. The van der Waals surface area contributed by atoms with Gasteiger partial charge >= 0.3 is 0 Å². The van der Waals surface area contributed by atoms with Crippen LogP contribution in [0.1, 0.15) is 65.7 Å². The highest BCUT2D eigenvalue weighted by Crippen LogP contribution is 2.31. The molecular weight excluding hydrogens is 206 g/mol. The van der Waals surface area contributed by atoms with Crippen molar-refractivity contribution in [3.8, 4) is 0 Å².